The zero-order valence-corrected chi connectivity index (χ0v) is 15.3. The van der Waals surface area contributed by atoms with Gasteiger partial charge in [-0.05, 0) is 41.8 Å². The van der Waals surface area contributed by atoms with Gasteiger partial charge in [0.1, 0.15) is 0 Å². The SMILES string of the molecule is c1csc(-c2noc(CCCSc3ccc4c(c3)OCCCO4)n2)c1. The van der Waals surface area contributed by atoms with Crippen LogP contribution in [0.1, 0.15) is 18.7 Å². The van der Waals surface area contributed by atoms with E-state index in [0.29, 0.717) is 18.3 Å². The van der Waals surface area contributed by atoms with E-state index < -0.39 is 0 Å². The minimum Gasteiger partial charge on any atom is -0.490 e. The van der Waals surface area contributed by atoms with Crippen LogP contribution in [0, 0.1) is 0 Å². The van der Waals surface area contributed by atoms with Crippen LogP contribution in [-0.2, 0) is 6.42 Å². The monoisotopic (exact) mass is 374 g/mol. The molecule has 2 aromatic heterocycles. The molecule has 0 aliphatic carbocycles. The van der Waals surface area contributed by atoms with Gasteiger partial charge in [0.2, 0.25) is 11.7 Å². The Bertz CT molecular complexity index is 818. The largest absolute Gasteiger partial charge is 0.490 e. The molecule has 0 saturated carbocycles. The summed E-state index contributed by atoms with van der Waals surface area (Å²) in [6, 6.07) is 10.1. The zero-order valence-electron chi connectivity index (χ0n) is 13.6. The number of rotatable bonds is 6. The van der Waals surface area contributed by atoms with E-state index in [1.165, 1.54) is 4.90 Å². The summed E-state index contributed by atoms with van der Waals surface area (Å²) in [5.74, 6) is 4.05. The van der Waals surface area contributed by atoms with Crippen LogP contribution in [0.15, 0.2) is 45.1 Å². The summed E-state index contributed by atoms with van der Waals surface area (Å²) in [7, 11) is 0. The number of thiophene rings is 1. The highest BCUT2D eigenvalue weighted by molar-refractivity contribution is 7.99. The Morgan fingerprint density at radius 3 is 2.92 bits per heavy atom. The highest BCUT2D eigenvalue weighted by Crippen LogP contribution is 2.34. The van der Waals surface area contributed by atoms with Crippen molar-refractivity contribution in [2.24, 2.45) is 0 Å². The number of aromatic nitrogens is 2. The molecule has 3 aromatic rings. The van der Waals surface area contributed by atoms with Crippen LogP contribution in [-0.4, -0.2) is 29.1 Å². The molecule has 0 spiro atoms. The standard InChI is InChI=1S/C18H18N2O3S2/c1-4-16(25-11-1)18-19-17(23-20-18)5-2-10-24-13-6-7-14-15(12-13)22-9-3-8-21-14/h1,4,6-7,11-12H,2-3,5,8-10H2. The van der Waals surface area contributed by atoms with Gasteiger partial charge in [-0.25, -0.2) is 0 Å². The van der Waals surface area contributed by atoms with Crippen LogP contribution in [0.3, 0.4) is 0 Å². The number of hydrogen-bond donors (Lipinski definition) is 0. The molecule has 0 bridgehead atoms. The summed E-state index contributed by atoms with van der Waals surface area (Å²) in [5, 5.41) is 6.05. The number of fused-ring (bicyclic) bond motifs is 1. The van der Waals surface area contributed by atoms with E-state index >= 15 is 0 Å². The van der Waals surface area contributed by atoms with Crippen molar-refractivity contribution in [1.29, 1.82) is 0 Å². The molecule has 5 nitrogen and oxygen atoms in total. The van der Waals surface area contributed by atoms with Crippen LogP contribution >= 0.6 is 23.1 Å². The van der Waals surface area contributed by atoms with Crippen LogP contribution in [0.25, 0.3) is 10.7 Å². The summed E-state index contributed by atoms with van der Waals surface area (Å²) in [5.41, 5.74) is 0. The second-order valence-corrected chi connectivity index (χ2v) is 7.72. The first-order chi connectivity index (χ1) is 12.4. The first kappa shape index (κ1) is 16.5. The molecule has 130 valence electrons. The molecule has 1 aliphatic heterocycles. The lowest BCUT2D eigenvalue weighted by Gasteiger charge is -2.08. The molecule has 0 radical (unpaired) electrons. The average Bonchev–Trinajstić information content (AvgIpc) is 3.26. The number of nitrogens with zero attached hydrogens (tertiary/aromatic N) is 2. The van der Waals surface area contributed by atoms with Gasteiger partial charge in [0.05, 0.1) is 18.1 Å². The maximum Gasteiger partial charge on any atom is 0.227 e. The lowest BCUT2D eigenvalue weighted by atomic mass is 10.3. The normalized spacial score (nSPS) is 13.6. The second kappa shape index (κ2) is 7.93. The minimum atomic E-state index is 0.681. The first-order valence-corrected chi connectivity index (χ1v) is 10.1. The molecule has 0 fully saturated rings. The van der Waals surface area contributed by atoms with Gasteiger partial charge >= 0.3 is 0 Å². The fourth-order valence-corrected chi connectivity index (χ4v) is 4.04. The van der Waals surface area contributed by atoms with Crippen molar-refractivity contribution in [3.63, 3.8) is 0 Å². The molecule has 0 atom stereocenters. The van der Waals surface area contributed by atoms with Crippen molar-refractivity contribution in [3.05, 3.63) is 41.6 Å². The maximum absolute atomic E-state index is 5.73. The molecule has 0 saturated heterocycles. The Hall–Kier alpha value is -1.99. The minimum absolute atomic E-state index is 0.681. The molecule has 0 N–H and O–H groups in total. The molecule has 7 heteroatoms. The van der Waals surface area contributed by atoms with E-state index in [-0.39, 0.29) is 0 Å². The quantitative estimate of drug-likeness (QED) is 0.461. The summed E-state index contributed by atoms with van der Waals surface area (Å²) in [6.45, 7) is 1.43. The van der Waals surface area contributed by atoms with E-state index in [1.54, 1.807) is 23.1 Å². The van der Waals surface area contributed by atoms with Gasteiger partial charge < -0.3 is 14.0 Å². The van der Waals surface area contributed by atoms with E-state index in [9.17, 15) is 0 Å². The van der Waals surface area contributed by atoms with Gasteiger partial charge in [-0.2, -0.15) is 4.98 Å². The number of aryl methyl sites for hydroxylation is 1. The topological polar surface area (TPSA) is 57.4 Å². The van der Waals surface area contributed by atoms with E-state index in [2.05, 4.69) is 22.3 Å². The summed E-state index contributed by atoms with van der Waals surface area (Å²) >= 11 is 3.42. The third kappa shape index (κ3) is 4.16. The maximum atomic E-state index is 5.73. The van der Waals surface area contributed by atoms with Crippen molar-refractivity contribution in [3.8, 4) is 22.2 Å². The van der Waals surface area contributed by atoms with Crippen molar-refractivity contribution < 1.29 is 14.0 Å². The lowest BCUT2D eigenvalue weighted by molar-refractivity contribution is 0.297. The van der Waals surface area contributed by atoms with E-state index in [0.717, 1.165) is 48.0 Å². The molecule has 3 heterocycles. The molecular formula is C18H18N2O3S2. The number of hydrogen-bond acceptors (Lipinski definition) is 7. The summed E-state index contributed by atoms with van der Waals surface area (Å²) < 4.78 is 16.7. The van der Waals surface area contributed by atoms with Gasteiger partial charge in [0.15, 0.2) is 11.5 Å². The molecule has 25 heavy (non-hydrogen) atoms. The zero-order chi connectivity index (χ0) is 16.9. The number of ether oxygens (including phenoxy) is 2. The van der Waals surface area contributed by atoms with Gasteiger partial charge in [-0.1, -0.05) is 11.2 Å². The number of benzene rings is 1. The molecule has 0 unspecified atom stereocenters. The summed E-state index contributed by atoms with van der Waals surface area (Å²) in [6.07, 6.45) is 2.69. The van der Waals surface area contributed by atoms with Crippen molar-refractivity contribution >= 4 is 23.1 Å². The Balaban J connectivity index is 1.28. The Labute approximate surface area is 154 Å². The van der Waals surface area contributed by atoms with Gasteiger partial charge in [0, 0.05) is 17.7 Å². The predicted molar refractivity (Wildman–Crippen MR) is 98.7 cm³/mol. The van der Waals surface area contributed by atoms with Crippen LogP contribution in [0.4, 0.5) is 0 Å². The Kier molecular flexibility index (Phi) is 5.22. The van der Waals surface area contributed by atoms with E-state index in [1.807, 2.05) is 23.6 Å². The second-order valence-electron chi connectivity index (χ2n) is 5.60. The Morgan fingerprint density at radius 1 is 1.12 bits per heavy atom. The summed E-state index contributed by atoms with van der Waals surface area (Å²) in [4.78, 5) is 6.68. The molecule has 4 rings (SSSR count). The molecular weight excluding hydrogens is 356 g/mol. The van der Waals surface area contributed by atoms with Crippen LogP contribution < -0.4 is 9.47 Å². The third-order valence-corrected chi connectivity index (χ3v) is 5.68. The highest BCUT2D eigenvalue weighted by Gasteiger charge is 2.12. The molecule has 1 aliphatic rings. The predicted octanol–water partition coefficient (Wildman–Crippen LogP) is 4.68. The van der Waals surface area contributed by atoms with Gasteiger partial charge in [0.25, 0.3) is 0 Å². The lowest BCUT2D eigenvalue weighted by Crippen LogP contribution is -1.97. The van der Waals surface area contributed by atoms with Crippen LogP contribution in [0.5, 0.6) is 11.5 Å². The van der Waals surface area contributed by atoms with Crippen LogP contribution in [0.2, 0.25) is 0 Å². The Morgan fingerprint density at radius 2 is 2.04 bits per heavy atom. The van der Waals surface area contributed by atoms with Crippen molar-refractivity contribution in [2.45, 2.75) is 24.2 Å². The molecule has 1 aromatic carbocycles. The van der Waals surface area contributed by atoms with Gasteiger partial charge in [-0.3, -0.25) is 0 Å². The molecule has 0 amide bonds. The fraction of sp³-hybridized carbons (Fsp3) is 0.333. The highest BCUT2D eigenvalue weighted by atomic mass is 32.2. The fourth-order valence-electron chi connectivity index (χ4n) is 2.51. The number of thioether (sulfide) groups is 1. The smallest absolute Gasteiger partial charge is 0.227 e. The van der Waals surface area contributed by atoms with Gasteiger partial charge in [-0.15, -0.1) is 23.1 Å². The average molecular weight is 374 g/mol. The van der Waals surface area contributed by atoms with E-state index in [4.69, 9.17) is 14.0 Å². The van der Waals surface area contributed by atoms with Crippen molar-refractivity contribution in [2.75, 3.05) is 19.0 Å². The first-order valence-electron chi connectivity index (χ1n) is 8.27. The third-order valence-electron chi connectivity index (χ3n) is 3.73. The van der Waals surface area contributed by atoms with Crippen molar-refractivity contribution in [1.82, 2.24) is 10.1 Å².